The lowest BCUT2D eigenvalue weighted by Crippen LogP contribution is -2.68. The van der Waals surface area contributed by atoms with Gasteiger partial charge in [0, 0.05) is 71.0 Å². The summed E-state index contributed by atoms with van der Waals surface area (Å²) >= 11 is 0. The van der Waals surface area contributed by atoms with Gasteiger partial charge in [0.1, 0.15) is 0 Å². The molecule has 0 aromatic carbocycles. The van der Waals surface area contributed by atoms with Gasteiger partial charge in [-0.25, -0.2) is 0 Å². The Kier molecular flexibility index (Phi) is 7.11. The standard InChI is InChI=1S/C19H39N5O/c1-20-7-5-17(6-8-20)24-12-10-22(3)16-19(24)18-15-21(2)9-11-23(18)13-14-25-4/h17-19H,5-16H2,1-4H3. The van der Waals surface area contributed by atoms with Gasteiger partial charge in [0.25, 0.3) is 0 Å². The Balaban J connectivity index is 1.73. The number of hydrogen-bond donors (Lipinski definition) is 0. The van der Waals surface area contributed by atoms with Crippen LogP contribution in [0.1, 0.15) is 12.8 Å². The van der Waals surface area contributed by atoms with E-state index in [1.165, 1.54) is 65.2 Å². The van der Waals surface area contributed by atoms with Crippen molar-refractivity contribution in [2.75, 3.05) is 93.8 Å². The van der Waals surface area contributed by atoms with Crippen molar-refractivity contribution in [3.8, 4) is 0 Å². The number of hydrogen-bond acceptors (Lipinski definition) is 6. The number of piperidine rings is 1. The molecule has 6 heteroatoms. The highest BCUT2D eigenvalue weighted by Gasteiger charge is 2.40. The number of likely N-dealkylation sites (tertiary alicyclic amines) is 1. The van der Waals surface area contributed by atoms with Gasteiger partial charge in [-0.05, 0) is 47.1 Å². The quantitative estimate of drug-likeness (QED) is 0.688. The van der Waals surface area contributed by atoms with E-state index in [1.54, 1.807) is 0 Å². The third-order valence-electron chi connectivity index (χ3n) is 6.59. The van der Waals surface area contributed by atoms with Crippen molar-refractivity contribution >= 4 is 0 Å². The van der Waals surface area contributed by atoms with Gasteiger partial charge in [-0.15, -0.1) is 0 Å². The number of methoxy groups -OCH3 is 1. The minimum absolute atomic E-state index is 0.622. The van der Waals surface area contributed by atoms with Gasteiger partial charge >= 0.3 is 0 Å². The van der Waals surface area contributed by atoms with Crippen LogP contribution in [0.15, 0.2) is 0 Å². The van der Waals surface area contributed by atoms with Crippen LogP contribution in [0, 0.1) is 0 Å². The van der Waals surface area contributed by atoms with Crippen LogP contribution in [-0.2, 0) is 4.74 Å². The second-order valence-electron chi connectivity index (χ2n) is 8.46. The molecular weight excluding hydrogens is 314 g/mol. The van der Waals surface area contributed by atoms with Crippen molar-refractivity contribution < 1.29 is 4.74 Å². The Morgan fingerprint density at radius 1 is 0.760 bits per heavy atom. The summed E-state index contributed by atoms with van der Waals surface area (Å²) in [6.07, 6.45) is 2.66. The van der Waals surface area contributed by atoms with Crippen LogP contribution in [0.3, 0.4) is 0 Å². The minimum atomic E-state index is 0.622. The molecule has 0 amide bonds. The molecule has 3 heterocycles. The van der Waals surface area contributed by atoms with Crippen molar-refractivity contribution in [1.29, 1.82) is 0 Å². The fourth-order valence-electron chi connectivity index (χ4n) is 4.93. The molecule has 0 saturated carbocycles. The second kappa shape index (κ2) is 9.11. The SMILES string of the molecule is COCCN1CCN(C)CC1C1CN(C)CCN1C1CCN(C)CC1. The van der Waals surface area contributed by atoms with E-state index < -0.39 is 0 Å². The normalized spacial score (nSPS) is 33.1. The lowest BCUT2D eigenvalue weighted by molar-refractivity contribution is -0.0438. The van der Waals surface area contributed by atoms with E-state index in [0.29, 0.717) is 12.1 Å². The molecular formula is C19H39N5O. The van der Waals surface area contributed by atoms with Gasteiger partial charge < -0.3 is 19.4 Å². The topological polar surface area (TPSA) is 25.4 Å². The summed E-state index contributed by atoms with van der Waals surface area (Å²) in [5, 5.41) is 0. The zero-order valence-electron chi connectivity index (χ0n) is 16.9. The molecule has 146 valence electrons. The Labute approximate surface area is 154 Å². The minimum Gasteiger partial charge on any atom is -0.383 e. The maximum Gasteiger partial charge on any atom is 0.0589 e. The van der Waals surface area contributed by atoms with Crippen LogP contribution in [0.25, 0.3) is 0 Å². The van der Waals surface area contributed by atoms with Gasteiger partial charge in [-0.3, -0.25) is 9.80 Å². The van der Waals surface area contributed by atoms with E-state index in [9.17, 15) is 0 Å². The molecule has 6 nitrogen and oxygen atoms in total. The molecule has 3 rings (SSSR count). The summed E-state index contributed by atoms with van der Waals surface area (Å²) in [5.74, 6) is 0. The Bertz CT molecular complexity index is 399. The Morgan fingerprint density at radius 3 is 2.08 bits per heavy atom. The molecule has 0 radical (unpaired) electrons. The lowest BCUT2D eigenvalue weighted by Gasteiger charge is -2.53. The summed E-state index contributed by atoms with van der Waals surface area (Å²) in [7, 11) is 8.67. The van der Waals surface area contributed by atoms with Gasteiger partial charge in [0.15, 0.2) is 0 Å². The first-order valence-electron chi connectivity index (χ1n) is 10.1. The average Bonchev–Trinajstić information content (AvgIpc) is 2.61. The first-order valence-corrected chi connectivity index (χ1v) is 10.1. The summed E-state index contributed by atoms with van der Waals surface area (Å²) in [5.41, 5.74) is 0. The molecule has 2 unspecified atom stereocenters. The largest absolute Gasteiger partial charge is 0.383 e. The molecule has 3 saturated heterocycles. The fraction of sp³-hybridized carbons (Fsp3) is 1.00. The summed E-state index contributed by atoms with van der Waals surface area (Å²) in [6, 6.07) is 2.04. The van der Waals surface area contributed by atoms with E-state index >= 15 is 0 Å². The first kappa shape index (κ1) is 19.5. The third-order valence-corrected chi connectivity index (χ3v) is 6.59. The van der Waals surface area contributed by atoms with Crippen LogP contribution in [0.2, 0.25) is 0 Å². The molecule has 0 aliphatic carbocycles. The Hall–Kier alpha value is -0.240. The monoisotopic (exact) mass is 353 g/mol. The number of piperazine rings is 2. The highest BCUT2D eigenvalue weighted by Crippen LogP contribution is 2.26. The lowest BCUT2D eigenvalue weighted by atomic mass is 9.94. The van der Waals surface area contributed by atoms with Crippen molar-refractivity contribution in [2.24, 2.45) is 0 Å². The molecule has 3 aliphatic rings. The molecule has 0 aromatic heterocycles. The second-order valence-corrected chi connectivity index (χ2v) is 8.46. The van der Waals surface area contributed by atoms with Crippen LogP contribution in [-0.4, -0.2) is 136 Å². The van der Waals surface area contributed by atoms with Crippen LogP contribution in [0.4, 0.5) is 0 Å². The number of rotatable bonds is 5. The zero-order chi connectivity index (χ0) is 17.8. The highest BCUT2D eigenvalue weighted by atomic mass is 16.5. The van der Waals surface area contributed by atoms with Crippen molar-refractivity contribution in [3.63, 3.8) is 0 Å². The molecule has 25 heavy (non-hydrogen) atoms. The fourth-order valence-corrected chi connectivity index (χ4v) is 4.93. The maximum absolute atomic E-state index is 5.40. The van der Waals surface area contributed by atoms with E-state index in [-0.39, 0.29) is 0 Å². The van der Waals surface area contributed by atoms with E-state index in [4.69, 9.17) is 4.74 Å². The predicted octanol–water partition coefficient (Wildman–Crippen LogP) is -0.0410. The summed E-state index contributed by atoms with van der Waals surface area (Å²) < 4.78 is 5.40. The van der Waals surface area contributed by atoms with Gasteiger partial charge in [0.2, 0.25) is 0 Å². The summed E-state index contributed by atoms with van der Waals surface area (Å²) in [4.78, 5) is 13.1. The van der Waals surface area contributed by atoms with Crippen molar-refractivity contribution in [2.45, 2.75) is 31.0 Å². The smallest absolute Gasteiger partial charge is 0.0589 e. The Morgan fingerprint density at radius 2 is 1.40 bits per heavy atom. The number of nitrogens with zero attached hydrogens (tertiary/aromatic N) is 5. The molecule has 3 aliphatic heterocycles. The molecule has 3 fully saturated rings. The molecule has 0 spiro atoms. The molecule has 0 N–H and O–H groups in total. The predicted molar refractivity (Wildman–Crippen MR) is 103 cm³/mol. The molecule has 0 aromatic rings. The third kappa shape index (κ3) is 4.93. The van der Waals surface area contributed by atoms with Crippen molar-refractivity contribution in [3.05, 3.63) is 0 Å². The first-order chi connectivity index (χ1) is 12.1. The van der Waals surface area contributed by atoms with E-state index in [1.807, 2.05) is 7.11 Å². The average molecular weight is 354 g/mol. The van der Waals surface area contributed by atoms with E-state index in [2.05, 4.69) is 45.6 Å². The molecule has 0 bridgehead atoms. The number of likely N-dealkylation sites (N-methyl/N-ethyl adjacent to an activating group) is 2. The van der Waals surface area contributed by atoms with Crippen LogP contribution in [0.5, 0.6) is 0 Å². The van der Waals surface area contributed by atoms with Crippen LogP contribution >= 0.6 is 0 Å². The highest BCUT2D eigenvalue weighted by molar-refractivity contribution is 4.98. The van der Waals surface area contributed by atoms with Gasteiger partial charge in [-0.2, -0.15) is 0 Å². The van der Waals surface area contributed by atoms with Gasteiger partial charge in [-0.1, -0.05) is 0 Å². The van der Waals surface area contributed by atoms with Gasteiger partial charge in [0.05, 0.1) is 6.61 Å². The van der Waals surface area contributed by atoms with Crippen molar-refractivity contribution in [1.82, 2.24) is 24.5 Å². The molecule has 2 atom stereocenters. The zero-order valence-corrected chi connectivity index (χ0v) is 16.9. The number of ether oxygens (including phenoxy) is 1. The van der Waals surface area contributed by atoms with E-state index in [0.717, 1.165) is 19.2 Å². The summed E-state index contributed by atoms with van der Waals surface area (Å²) in [6.45, 7) is 11.6. The van der Waals surface area contributed by atoms with Crippen LogP contribution < -0.4 is 0 Å². The maximum atomic E-state index is 5.40.